The molecule has 0 aliphatic heterocycles. The van der Waals surface area contributed by atoms with E-state index in [1.165, 1.54) is 14.0 Å². The number of nitrogens with zero attached hydrogens (tertiary/aromatic N) is 1. The summed E-state index contributed by atoms with van der Waals surface area (Å²) in [6.07, 6.45) is 0. The van der Waals surface area contributed by atoms with Crippen molar-refractivity contribution in [1.29, 1.82) is 0 Å². The molecule has 0 aliphatic rings. The van der Waals surface area contributed by atoms with E-state index in [1.54, 1.807) is 13.8 Å². The zero-order chi connectivity index (χ0) is 15.8. The number of carbonyl (C=O) groups excluding carboxylic acids is 1. The Hall–Kier alpha value is -2.29. The second-order valence-electron chi connectivity index (χ2n) is 4.35. The van der Waals surface area contributed by atoms with Crippen LogP contribution < -0.4 is 4.72 Å². The summed E-state index contributed by atoms with van der Waals surface area (Å²) in [6.45, 7) is 4.79. The summed E-state index contributed by atoms with van der Waals surface area (Å²) >= 11 is 0. The average molecular weight is 314 g/mol. The molecule has 0 amide bonds. The molecule has 8 nitrogen and oxygen atoms in total. The molecule has 1 N–H and O–H groups in total. The number of ether oxygens (including phenoxy) is 1. The standard InChI is InChI=1S/C12H14N2O6S/c1-6-7(2)13-20-11(6)14-21(16,17)10-5-9(12(15)18-4)19-8(10)3/h5,14H,1-4H3. The molecule has 2 rings (SSSR count). The maximum atomic E-state index is 12.3. The number of sulfonamides is 1. The first-order chi connectivity index (χ1) is 9.76. The summed E-state index contributed by atoms with van der Waals surface area (Å²) in [6, 6.07) is 1.10. The van der Waals surface area contributed by atoms with Gasteiger partial charge >= 0.3 is 5.97 Å². The van der Waals surface area contributed by atoms with Crippen molar-refractivity contribution in [3.63, 3.8) is 0 Å². The molecule has 0 spiro atoms. The summed E-state index contributed by atoms with van der Waals surface area (Å²) in [4.78, 5) is 11.2. The maximum absolute atomic E-state index is 12.3. The Morgan fingerprint density at radius 2 is 2.00 bits per heavy atom. The number of anilines is 1. The fourth-order valence-corrected chi connectivity index (χ4v) is 2.85. The normalized spacial score (nSPS) is 11.4. The Bertz CT molecular complexity index is 787. The van der Waals surface area contributed by atoms with Gasteiger partial charge in [-0.05, 0) is 20.8 Å². The quantitative estimate of drug-likeness (QED) is 0.856. The van der Waals surface area contributed by atoms with Gasteiger partial charge in [-0.1, -0.05) is 5.16 Å². The molecule has 0 unspecified atom stereocenters. The van der Waals surface area contributed by atoms with Gasteiger partial charge in [-0.3, -0.25) is 0 Å². The highest BCUT2D eigenvalue weighted by molar-refractivity contribution is 7.92. The summed E-state index contributed by atoms with van der Waals surface area (Å²) in [7, 11) is -2.79. The number of methoxy groups -OCH3 is 1. The van der Waals surface area contributed by atoms with Gasteiger partial charge < -0.3 is 13.7 Å². The molecule has 114 valence electrons. The fraction of sp³-hybridized carbons (Fsp3) is 0.333. The number of carbonyl (C=O) groups is 1. The molecule has 0 fully saturated rings. The van der Waals surface area contributed by atoms with Crippen molar-refractivity contribution >= 4 is 21.9 Å². The van der Waals surface area contributed by atoms with Gasteiger partial charge in [0.2, 0.25) is 11.6 Å². The van der Waals surface area contributed by atoms with Crippen molar-refractivity contribution in [2.45, 2.75) is 25.7 Å². The number of furan rings is 1. The lowest BCUT2D eigenvalue weighted by Crippen LogP contribution is -2.13. The molecule has 0 aromatic carbocycles. The Morgan fingerprint density at radius 1 is 1.33 bits per heavy atom. The molecule has 0 saturated heterocycles. The largest absolute Gasteiger partial charge is 0.463 e. The molecule has 2 aromatic rings. The third-order valence-corrected chi connectivity index (χ3v) is 4.37. The summed E-state index contributed by atoms with van der Waals surface area (Å²) in [5.41, 5.74) is 1.15. The minimum atomic E-state index is -3.96. The number of rotatable bonds is 4. The topological polar surface area (TPSA) is 112 Å². The van der Waals surface area contributed by atoms with Gasteiger partial charge in [-0.2, -0.15) is 0 Å². The molecule has 2 heterocycles. The highest BCUT2D eigenvalue weighted by atomic mass is 32.2. The third-order valence-electron chi connectivity index (χ3n) is 2.93. The van der Waals surface area contributed by atoms with E-state index >= 15 is 0 Å². The second-order valence-corrected chi connectivity index (χ2v) is 6.00. The highest BCUT2D eigenvalue weighted by Gasteiger charge is 2.26. The number of esters is 1. The van der Waals surface area contributed by atoms with E-state index in [2.05, 4.69) is 14.6 Å². The van der Waals surface area contributed by atoms with Crippen LogP contribution in [0.3, 0.4) is 0 Å². The lowest BCUT2D eigenvalue weighted by molar-refractivity contribution is 0.0563. The van der Waals surface area contributed by atoms with Gasteiger partial charge in [-0.25, -0.2) is 17.9 Å². The van der Waals surface area contributed by atoms with Crippen molar-refractivity contribution in [2.75, 3.05) is 11.8 Å². The molecule has 0 aliphatic carbocycles. The monoisotopic (exact) mass is 314 g/mol. The van der Waals surface area contributed by atoms with Crippen LogP contribution in [0.4, 0.5) is 5.88 Å². The van der Waals surface area contributed by atoms with Crippen LogP contribution in [-0.2, 0) is 14.8 Å². The molecule has 0 atom stereocenters. The molecule has 2 aromatic heterocycles. The zero-order valence-electron chi connectivity index (χ0n) is 11.9. The van der Waals surface area contributed by atoms with Crippen molar-refractivity contribution in [2.24, 2.45) is 0 Å². The van der Waals surface area contributed by atoms with Crippen molar-refractivity contribution in [3.8, 4) is 0 Å². The van der Waals surface area contributed by atoms with Crippen LogP contribution in [0, 0.1) is 20.8 Å². The van der Waals surface area contributed by atoms with Gasteiger partial charge in [0.05, 0.1) is 12.8 Å². The van der Waals surface area contributed by atoms with Gasteiger partial charge in [0.1, 0.15) is 10.7 Å². The van der Waals surface area contributed by atoms with Crippen LogP contribution in [0.5, 0.6) is 0 Å². The molecule has 21 heavy (non-hydrogen) atoms. The molecular formula is C12H14N2O6S. The SMILES string of the molecule is COC(=O)c1cc(S(=O)(=O)Nc2onc(C)c2C)c(C)o1. The first kappa shape index (κ1) is 15.1. The van der Waals surface area contributed by atoms with E-state index in [9.17, 15) is 13.2 Å². The first-order valence-electron chi connectivity index (χ1n) is 5.90. The average Bonchev–Trinajstić information content (AvgIpc) is 2.96. The number of aromatic nitrogens is 1. The van der Waals surface area contributed by atoms with Crippen LogP contribution in [0.25, 0.3) is 0 Å². The summed E-state index contributed by atoms with van der Waals surface area (Å²) in [5.74, 6) is -0.864. The van der Waals surface area contributed by atoms with Gasteiger partial charge in [0.15, 0.2) is 0 Å². The van der Waals surface area contributed by atoms with Crippen molar-refractivity contribution in [1.82, 2.24) is 5.16 Å². The van der Waals surface area contributed by atoms with E-state index in [0.717, 1.165) is 6.07 Å². The summed E-state index contributed by atoms with van der Waals surface area (Å²) in [5, 5.41) is 3.66. The van der Waals surface area contributed by atoms with Crippen LogP contribution in [0.15, 0.2) is 19.9 Å². The van der Waals surface area contributed by atoms with Gasteiger partial charge in [-0.15, -0.1) is 0 Å². The van der Waals surface area contributed by atoms with E-state index in [0.29, 0.717) is 11.3 Å². The minimum absolute atomic E-state index is 0.0210. The Morgan fingerprint density at radius 3 is 2.52 bits per heavy atom. The minimum Gasteiger partial charge on any atom is -0.463 e. The van der Waals surface area contributed by atoms with E-state index < -0.39 is 16.0 Å². The molecule has 0 bridgehead atoms. The summed E-state index contributed by atoms with van der Waals surface area (Å²) < 4.78 is 41.3. The smallest absolute Gasteiger partial charge is 0.373 e. The molecule has 0 radical (unpaired) electrons. The van der Waals surface area contributed by atoms with Crippen molar-refractivity contribution < 1.29 is 26.9 Å². The lowest BCUT2D eigenvalue weighted by Gasteiger charge is -2.03. The molecule has 0 saturated carbocycles. The van der Waals surface area contributed by atoms with Gasteiger partial charge in [0, 0.05) is 11.6 Å². The van der Waals surface area contributed by atoms with Crippen LogP contribution in [-0.4, -0.2) is 26.7 Å². The Labute approximate surface area is 121 Å². The predicted molar refractivity (Wildman–Crippen MR) is 71.6 cm³/mol. The lowest BCUT2D eigenvalue weighted by atomic mass is 10.3. The van der Waals surface area contributed by atoms with E-state index in [-0.39, 0.29) is 22.3 Å². The Balaban J connectivity index is 2.38. The second kappa shape index (κ2) is 5.24. The highest BCUT2D eigenvalue weighted by Crippen LogP contribution is 2.25. The Kier molecular flexibility index (Phi) is 3.77. The zero-order valence-corrected chi connectivity index (χ0v) is 12.7. The number of hydrogen-bond acceptors (Lipinski definition) is 7. The maximum Gasteiger partial charge on any atom is 0.373 e. The van der Waals surface area contributed by atoms with Gasteiger partial charge in [0.25, 0.3) is 10.0 Å². The van der Waals surface area contributed by atoms with Crippen LogP contribution in [0.1, 0.15) is 27.6 Å². The fourth-order valence-electron chi connectivity index (χ4n) is 1.62. The van der Waals surface area contributed by atoms with Crippen LogP contribution in [0.2, 0.25) is 0 Å². The van der Waals surface area contributed by atoms with Crippen LogP contribution >= 0.6 is 0 Å². The number of hydrogen-bond donors (Lipinski definition) is 1. The molecule has 9 heteroatoms. The third kappa shape index (κ3) is 2.77. The predicted octanol–water partition coefficient (Wildman–Crippen LogP) is 1.78. The van der Waals surface area contributed by atoms with E-state index in [4.69, 9.17) is 8.94 Å². The number of aryl methyl sites for hydroxylation is 2. The number of nitrogens with one attached hydrogen (secondary N) is 1. The molecular weight excluding hydrogens is 300 g/mol. The van der Waals surface area contributed by atoms with E-state index in [1.807, 2.05) is 0 Å². The van der Waals surface area contributed by atoms with Crippen molar-refractivity contribution in [3.05, 3.63) is 28.8 Å². The first-order valence-corrected chi connectivity index (χ1v) is 7.39.